The zero-order valence-corrected chi connectivity index (χ0v) is 12.0. The lowest BCUT2D eigenvalue weighted by molar-refractivity contribution is 0.102. The quantitative estimate of drug-likeness (QED) is 0.856. The van der Waals surface area contributed by atoms with Crippen molar-refractivity contribution in [3.8, 4) is 0 Å². The Balaban J connectivity index is 2.25. The molecule has 0 unspecified atom stereocenters. The monoisotopic (exact) mass is 273 g/mol. The van der Waals surface area contributed by atoms with Crippen LogP contribution in [0.25, 0.3) is 0 Å². The molecule has 2 aromatic rings. The van der Waals surface area contributed by atoms with E-state index in [0.29, 0.717) is 10.6 Å². The van der Waals surface area contributed by atoms with Crippen molar-refractivity contribution in [1.82, 2.24) is 0 Å². The number of benzene rings is 2. The predicted molar refractivity (Wildman–Crippen MR) is 80.1 cm³/mol. The van der Waals surface area contributed by atoms with Gasteiger partial charge in [-0.2, -0.15) is 0 Å². The number of hydrogen-bond acceptors (Lipinski definition) is 1. The van der Waals surface area contributed by atoms with Crippen molar-refractivity contribution in [3.63, 3.8) is 0 Å². The molecule has 0 aliphatic heterocycles. The summed E-state index contributed by atoms with van der Waals surface area (Å²) in [7, 11) is 0. The number of rotatable bonds is 2. The lowest BCUT2D eigenvalue weighted by atomic mass is 10.0. The smallest absolute Gasteiger partial charge is 0.255 e. The van der Waals surface area contributed by atoms with Gasteiger partial charge in [-0.05, 0) is 67.8 Å². The third-order valence-electron chi connectivity index (χ3n) is 3.19. The average molecular weight is 274 g/mol. The number of carbonyl (C=O) groups excluding carboxylic acids is 1. The molecule has 0 bridgehead atoms. The van der Waals surface area contributed by atoms with Gasteiger partial charge in [-0.1, -0.05) is 17.7 Å². The Morgan fingerprint density at radius 1 is 0.947 bits per heavy atom. The van der Waals surface area contributed by atoms with E-state index in [9.17, 15) is 4.79 Å². The number of hydrogen-bond donors (Lipinski definition) is 1. The van der Waals surface area contributed by atoms with Crippen molar-refractivity contribution < 1.29 is 4.79 Å². The molecule has 98 valence electrons. The molecule has 1 amide bonds. The summed E-state index contributed by atoms with van der Waals surface area (Å²) in [5, 5.41) is 3.53. The first-order chi connectivity index (χ1) is 8.97. The van der Waals surface area contributed by atoms with Crippen LogP contribution in [0.5, 0.6) is 0 Å². The summed E-state index contributed by atoms with van der Waals surface area (Å²) in [4.78, 5) is 12.2. The standard InChI is InChI=1S/C16H16ClNO/c1-10-8-12(3)15(9-11(10)2)16(19)18-14-6-4-13(17)5-7-14/h4-9H,1-3H3,(H,18,19). The summed E-state index contributed by atoms with van der Waals surface area (Å²) in [5.41, 5.74) is 4.74. The van der Waals surface area contributed by atoms with E-state index in [4.69, 9.17) is 11.6 Å². The second-order valence-corrected chi connectivity index (χ2v) is 5.15. The molecule has 0 atom stereocenters. The van der Waals surface area contributed by atoms with E-state index in [0.717, 1.165) is 16.8 Å². The highest BCUT2D eigenvalue weighted by molar-refractivity contribution is 6.30. The van der Waals surface area contributed by atoms with E-state index in [1.165, 1.54) is 5.56 Å². The summed E-state index contributed by atoms with van der Waals surface area (Å²) >= 11 is 5.82. The van der Waals surface area contributed by atoms with Gasteiger partial charge in [0.05, 0.1) is 0 Å². The number of nitrogens with one attached hydrogen (secondary N) is 1. The minimum Gasteiger partial charge on any atom is -0.322 e. The first-order valence-electron chi connectivity index (χ1n) is 6.12. The fourth-order valence-electron chi connectivity index (χ4n) is 1.94. The molecule has 19 heavy (non-hydrogen) atoms. The van der Waals surface area contributed by atoms with Crippen LogP contribution in [-0.4, -0.2) is 5.91 Å². The van der Waals surface area contributed by atoms with Crippen LogP contribution in [0, 0.1) is 20.8 Å². The fourth-order valence-corrected chi connectivity index (χ4v) is 2.06. The van der Waals surface area contributed by atoms with Gasteiger partial charge in [0, 0.05) is 16.3 Å². The van der Waals surface area contributed by atoms with Crippen molar-refractivity contribution in [1.29, 1.82) is 0 Å². The van der Waals surface area contributed by atoms with Crippen LogP contribution in [0.3, 0.4) is 0 Å². The summed E-state index contributed by atoms with van der Waals surface area (Å²) < 4.78 is 0. The van der Waals surface area contributed by atoms with Crippen molar-refractivity contribution in [2.24, 2.45) is 0 Å². The topological polar surface area (TPSA) is 29.1 Å². The maximum absolute atomic E-state index is 12.2. The molecule has 0 aliphatic carbocycles. The zero-order valence-electron chi connectivity index (χ0n) is 11.3. The van der Waals surface area contributed by atoms with Gasteiger partial charge in [-0.3, -0.25) is 4.79 Å². The maximum atomic E-state index is 12.2. The zero-order chi connectivity index (χ0) is 14.0. The lowest BCUT2D eigenvalue weighted by Crippen LogP contribution is -2.13. The van der Waals surface area contributed by atoms with Gasteiger partial charge in [-0.25, -0.2) is 0 Å². The molecule has 2 aromatic carbocycles. The number of anilines is 1. The van der Waals surface area contributed by atoms with E-state index < -0.39 is 0 Å². The Kier molecular flexibility index (Phi) is 3.91. The Labute approximate surface area is 118 Å². The van der Waals surface area contributed by atoms with Gasteiger partial charge < -0.3 is 5.32 Å². The highest BCUT2D eigenvalue weighted by Gasteiger charge is 2.10. The predicted octanol–water partition coefficient (Wildman–Crippen LogP) is 4.52. The molecule has 0 aliphatic rings. The molecule has 0 fully saturated rings. The van der Waals surface area contributed by atoms with Crippen molar-refractivity contribution >= 4 is 23.2 Å². The summed E-state index contributed by atoms with van der Waals surface area (Å²) in [6, 6.07) is 11.0. The second-order valence-electron chi connectivity index (χ2n) is 4.71. The Hall–Kier alpha value is -1.80. The van der Waals surface area contributed by atoms with Crippen molar-refractivity contribution in [2.75, 3.05) is 5.32 Å². The van der Waals surface area contributed by atoms with Gasteiger partial charge in [0.25, 0.3) is 5.91 Å². The molecule has 2 rings (SSSR count). The van der Waals surface area contributed by atoms with Crippen molar-refractivity contribution in [2.45, 2.75) is 20.8 Å². The van der Waals surface area contributed by atoms with Crippen LogP contribution >= 0.6 is 11.6 Å². The normalized spacial score (nSPS) is 10.3. The third-order valence-corrected chi connectivity index (χ3v) is 3.44. The fraction of sp³-hybridized carbons (Fsp3) is 0.188. The van der Waals surface area contributed by atoms with Gasteiger partial charge in [0.1, 0.15) is 0 Å². The molecule has 2 nitrogen and oxygen atoms in total. The molecular formula is C16H16ClNO. The number of halogens is 1. The van der Waals surface area contributed by atoms with Crippen molar-refractivity contribution in [3.05, 3.63) is 63.7 Å². The van der Waals surface area contributed by atoms with Gasteiger partial charge in [0.2, 0.25) is 0 Å². The van der Waals surface area contributed by atoms with E-state index >= 15 is 0 Å². The van der Waals surface area contributed by atoms with Crippen LogP contribution in [-0.2, 0) is 0 Å². The minimum absolute atomic E-state index is 0.0945. The van der Waals surface area contributed by atoms with Crippen LogP contribution in [0.1, 0.15) is 27.0 Å². The first-order valence-corrected chi connectivity index (χ1v) is 6.50. The lowest BCUT2D eigenvalue weighted by Gasteiger charge is -2.10. The van der Waals surface area contributed by atoms with E-state index in [1.807, 2.05) is 32.9 Å². The highest BCUT2D eigenvalue weighted by atomic mass is 35.5. The highest BCUT2D eigenvalue weighted by Crippen LogP contribution is 2.18. The molecular weight excluding hydrogens is 258 g/mol. The number of carbonyl (C=O) groups is 1. The van der Waals surface area contributed by atoms with E-state index in [-0.39, 0.29) is 5.91 Å². The summed E-state index contributed by atoms with van der Waals surface area (Å²) in [6.45, 7) is 6.00. The SMILES string of the molecule is Cc1cc(C)c(C(=O)Nc2ccc(Cl)cc2)cc1C. The first kappa shape index (κ1) is 13.6. The van der Waals surface area contributed by atoms with Gasteiger partial charge in [0.15, 0.2) is 0 Å². The molecule has 0 heterocycles. The van der Waals surface area contributed by atoms with E-state index in [1.54, 1.807) is 24.3 Å². The second kappa shape index (κ2) is 5.45. The molecule has 0 radical (unpaired) electrons. The van der Waals surface area contributed by atoms with Crippen LogP contribution in [0.2, 0.25) is 5.02 Å². The minimum atomic E-state index is -0.0945. The van der Waals surface area contributed by atoms with Crippen LogP contribution < -0.4 is 5.32 Å². The molecule has 0 saturated heterocycles. The molecule has 0 aromatic heterocycles. The van der Waals surface area contributed by atoms with Crippen LogP contribution in [0.4, 0.5) is 5.69 Å². The number of aryl methyl sites for hydroxylation is 3. The summed E-state index contributed by atoms with van der Waals surface area (Å²) in [6.07, 6.45) is 0. The van der Waals surface area contributed by atoms with Crippen LogP contribution in [0.15, 0.2) is 36.4 Å². The molecule has 0 saturated carbocycles. The Bertz CT molecular complexity index is 617. The Morgan fingerprint density at radius 3 is 2.16 bits per heavy atom. The summed E-state index contributed by atoms with van der Waals surface area (Å²) in [5.74, 6) is -0.0945. The average Bonchev–Trinajstić information content (AvgIpc) is 2.36. The molecule has 3 heteroatoms. The van der Waals surface area contributed by atoms with Gasteiger partial charge in [-0.15, -0.1) is 0 Å². The maximum Gasteiger partial charge on any atom is 0.255 e. The molecule has 1 N–H and O–H groups in total. The van der Waals surface area contributed by atoms with E-state index in [2.05, 4.69) is 5.32 Å². The largest absolute Gasteiger partial charge is 0.322 e. The Morgan fingerprint density at radius 2 is 1.53 bits per heavy atom. The van der Waals surface area contributed by atoms with Gasteiger partial charge >= 0.3 is 0 Å². The number of amides is 1. The molecule has 0 spiro atoms. The third kappa shape index (κ3) is 3.15.